The Morgan fingerprint density at radius 2 is 2.19 bits per heavy atom. The van der Waals surface area contributed by atoms with Crippen molar-refractivity contribution in [3.8, 4) is 11.6 Å². The van der Waals surface area contributed by atoms with Crippen molar-refractivity contribution < 1.29 is 14.3 Å². The van der Waals surface area contributed by atoms with Gasteiger partial charge in [-0.1, -0.05) is 0 Å². The second-order valence-electron chi connectivity index (χ2n) is 3.43. The average Bonchev–Trinajstić information content (AvgIpc) is 2.63. The molecule has 0 saturated heterocycles. The third kappa shape index (κ3) is 1.67. The summed E-state index contributed by atoms with van der Waals surface area (Å²) in [5, 5.41) is 8.84. The number of carboxylic acids is 1. The average molecular weight is 218 g/mol. The summed E-state index contributed by atoms with van der Waals surface area (Å²) in [6.07, 6.45) is 2.84. The molecule has 2 aromatic rings. The van der Waals surface area contributed by atoms with Gasteiger partial charge < -0.3 is 9.52 Å². The summed E-state index contributed by atoms with van der Waals surface area (Å²) in [7, 11) is 0. The Kier molecular flexibility index (Phi) is 2.44. The van der Waals surface area contributed by atoms with Crippen LogP contribution >= 0.6 is 0 Å². The molecular formula is C11H10N2O3. The van der Waals surface area contributed by atoms with E-state index in [9.17, 15) is 4.79 Å². The highest BCUT2D eigenvalue weighted by Crippen LogP contribution is 2.21. The zero-order valence-corrected chi connectivity index (χ0v) is 8.89. The summed E-state index contributed by atoms with van der Waals surface area (Å²) in [6, 6.07) is 1.80. The van der Waals surface area contributed by atoms with Gasteiger partial charge in [0, 0.05) is 6.20 Å². The molecule has 0 amide bonds. The van der Waals surface area contributed by atoms with E-state index >= 15 is 0 Å². The van der Waals surface area contributed by atoms with E-state index in [4.69, 9.17) is 9.52 Å². The van der Waals surface area contributed by atoms with Crippen molar-refractivity contribution in [1.29, 1.82) is 0 Å². The van der Waals surface area contributed by atoms with Gasteiger partial charge in [-0.3, -0.25) is 0 Å². The molecule has 0 saturated carbocycles. The smallest absolute Gasteiger partial charge is 0.339 e. The van der Waals surface area contributed by atoms with E-state index in [0.717, 1.165) is 5.56 Å². The molecule has 2 aromatic heterocycles. The summed E-state index contributed by atoms with van der Waals surface area (Å²) in [4.78, 5) is 18.9. The van der Waals surface area contributed by atoms with Crippen LogP contribution in [0.4, 0.5) is 0 Å². The molecule has 16 heavy (non-hydrogen) atoms. The minimum absolute atomic E-state index is 0.105. The van der Waals surface area contributed by atoms with Gasteiger partial charge in [0.05, 0.1) is 17.5 Å². The summed E-state index contributed by atoms with van der Waals surface area (Å²) in [6.45, 7) is 3.51. The van der Waals surface area contributed by atoms with Crippen LogP contribution in [0.1, 0.15) is 21.6 Å². The quantitative estimate of drug-likeness (QED) is 0.834. The van der Waals surface area contributed by atoms with Gasteiger partial charge in [-0.15, -0.1) is 0 Å². The molecule has 0 unspecified atom stereocenters. The molecule has 0 aliphatic carbocycles. The summed E-state index contributed by atoms with van der Waals surface area (Å²) in [5.74, 6) is -0.0507. The third-order valence-electron chi connectivity index (χ3n) is 2.27. The highest BCUT2D eigenvalue weighted by molar-refractivity contribution is 5.88. The van der Waals surface area contributed by atoms with Crippen LogP contribution in [-0.2, 0) is 0 Å². The van der Waals surface area contributed by atoms with Gasteiger partial charge >= 0.3 is 5.97 Å². The molecule has 2 heterocycles. The second-order valence-corrected chi connectivity index (χ2v) is 3.43. The molecular weight excluding hydrogens is 208 g/mol. The zero-order chi connectivity index (χ0) is 11.7. The van der Waals surface area contributed by atoms with Crippen molar-refractivity contribution in [2.75, 3.05) is 0 Å². The molecule has 0 atom stereocenters. The number of furan rings is 1. The minimum atomic E-state index is -1.03. The molecule has 2 rings (SSSR count). The lowest BCUT2D eigenvalue weighted by molar-refractivity contribution is 0.0695. The lowest BCUT2D eigenvalue weighted by atomic mass is 10.2. The number of aromatic nitrogens is 2. The first-order valence-corrected chi connectivity index (χ1v) is 4.71. The van der Waals surface area contributed by atoms with E-state index in [2.05, 4.69) is 9.97 Å². The Labute approximate surface area is 91.8 Å². The van der Waals surface area contributed by atoms with E-state index in [1.807, 2.05) is 6.92 Å². The number of carbonyl (C=O) groups is 1. The maximum Gasteiger partial charge on any atom is 0.339 e. The maximum absolute atomic E-state index is 10.8. The van der Waals surface area contributed by atoms with E-state index in [1.54, 1.807) is 19.3 Å². The Morgan fingerprint density at radius 1 is 1.44 bits per heavy atom. The molecule has 82 valence electrons. The Balaban J connectivity index is 2.50. The zero-order valence-electron chi connectivity index (χ0n) is 8.89. The fourth-order valence-electron chi connectivity index (χ4n) is 1.39. The summed E-state index contributed by atoms with van der Waals surface area (Å²) < 4.78 is 5.23. The molecule has 0 spiro atoms. The van der Waals surface area contributed by atoms with Crippen molar-refractivity contribution in [2.45, 2.75) is 13.8 Å². The van der Waals surface area contributed by atoms with Crippen molar-refractivity contribution >= 4 is 5.97 Å². The van der Waals surface area contributed by atoms with Gasteiger partial charge in [-0.2, -0.15) is 0 Å². The van der Waals surface area contributed by atoms with Gasteiger partial charge in [0.1, 0.15) is 0 Å². The predicted octanol–water partition coefficient (Wildman–Crippen LogP) is 2.05. The normalized spacial score (nSPS) is 10.4. The summed E-state index contributed by atoms with van der Waals surface area (Å²) in [5.41, 5.74) is 1.45. The highest BCUT2D eigenvalue weighted by Gasteiger charge is 2.13. The van der Waals surface area contributed by atoms with E-state index in [1.165, 1.54) is 6.20 Å². The van der Waals surface area contributed by atoms with Gasteiger partial charge in [-0.25, -0.2) is 14.8 Å². The van der Waals surface area contributed by atoms with Crippen LogP contribution in [0.5, 0.6) is 0 Å². The number of aryl methyl sites for hydroxylation is 2. The topological polar surface area (TPSA) is 76.2 Å². The van der Waals surface area contributed by atoms with Gasteiger partial charge in [0.25, 0.3) is 0 Å². The fourth-order valence-corrected chi connectivity index (χ4v) is 1.39. The van der Waals surface area contributed by atoms with Crippen molar-refractivity contribution in [3.05, 3.63) is 35.3 Å². The molecule has 0 aliphatic rings. The van der Waals surface area contributed by atoms with Gasteiger partial charge in [0.15, 0.2) is 11.6 Å². The van der Waals surface area contributed by atoms with Crippen LogP contribution in [-0.4, -0.2) is 21.0 Å². The number of aromatic carboxylic acids is 1. The molecule has 0 radical (unpaired) electrons. The second kappa shape index (κ2) is 3.77. The Hall–Kier alpha value is -2.17. The van der Waals surface area contributed by atoms with Crippen LogP contribution in [0.3, 0.4) is 0 Å². The van der Waals surface area contributed by atoms with Crippen LogP contribution < -0.4 is 0 Å². The first kappa shape index (κ1) is 10.4. The first-order valence-electron chi connectivity index (χ1n) is 4.71. The molecule has 0 aliphatic heterocycles. The lowest BCUT2D eigenvalue weighted by Crippen LogP contribution is -2.04. The number of carboxylic acid groups (broad SMARTS) is 1. The molecule has 1 N–H and O–H groups in total. The van der Waals surface area contributed by atoms with Crippen LogP contribution in [0.2, 0.25) is 0 Å². The number of hydrogen-bond acceptors (Lipinski definition) is 4. The van der Waals surface area contributed by atoms with Crippen molar-refractivity contribution in [1.82, 2.24) is 9.97 Å². The highest BCUT2D eigenvalue weighted by atomic mass is 16.4. The number of hydrogen-bond donors (Lipinski definition) is 1. The molecule has 0 fully saturated rings. The maximum atomic E-state index is 10.8. The van der Waals surface area contributed by atoms with Crippen molar-refractivity contribution in [2.24, 2.45) is 0 Å². The predicted molar refractivity (Wildman–Crippen MR) is 56.2 cm³/mol. The lowest BCUT2D eigenvalue weighted by Gasteiger charge is -2.02. The number of nitrogens with zero attached hydrogens (tertiary/aromatic N) is 2. The third-order valence-corrected chi connectivity index (χ3v) is 2.27. The summed E-state index contributed by atoms with van der Waals surface area (Å²) >= 11 is 0. The number of rotatable bonds is 2. The van der Waals surface area contributed by atoms with E-state index < -0.39 is 5.97 Å². The van der Waals surface area contributed by atoms with Crippen LogP contribution in [0.15, 0.2) is 22.9 Å². The fraction of sp³-hybridized carbons (Fsp3) is 0.182. The monoisotopic (exact) mass is 218 g/mol. The molecule has 0 bridgehead atoms. The standard InChI is InChI=1S/C11H10N2O3/c1-6-3-4-16-9(6)10-12-5-8(11(14)15)7(2)13-10/h3-5H,1-2H3,(H,14,15). The molecule has 5 heteroatoms. The Morgan fingerprint density at radius 3 is 2.69 bits per heavy atom. The van der Waals surface area contributed by atoms with Crippen LogP contribution in [0, 0.1) is 13.8 Å². The first-order chi connectivity index (χ1) is 7.59. The van der Waals surface area contributed by atoms with Crippen LogP contribution in [0.25, 0.3) is 11.6 Å². The molecule has 5 nitrogen and oxygen atoms in total. The largest absolute Gasteiger partial charge is 0.478 e. The van der Waals surface area contributed by atoms with E-state index in [-0.39, 0.29) is 5.56 Å². The molecule has 0 aromatic carbocycles. The van der Waals surface area contributed by atoms with Crippen molar-refractivity contribution in [3.63, 3.8) is 0 Å². The van der Waals surface area contributed by atoms with Gasteiger partial charge in [-0.05, 0) is 25.5 Å². The Bertz CT molecular complexity index is 546. The SMILES string of the molecule is Cc1ccoc1-c1ncc(C(=O)O)c(C)n1. The van der Waals surface area contributed by atoms with Gasteiger partial charge in [0.2, 0.25) is 0 Å². The minimum Gasteiger partial charge on any atom is -0.478 e. The van der Waals surface area contributed by atoms with E-state index in [0.29, 0.717) is 17.3 Å².